The Kier molecular flexibility index (Phi) is 14.1. The zero-order valence-electron chi connectivity index (χ0n) is 25.6. The van der Waals surface area contributed by atoms with E-state index in [9.17, 15) is 24.2 Å². The van der Waals surface area contributed by atoms with Crippen molar-refractivity contribution in [3.8, 4) is 0 Å². The van der Waals surface area contributed by atoms with Crippen molar-refractivity contribution in [2.45, 2.75) is 76.3 Å². The summed E-state index contributed by atoms with van der Waals surface area (Å²) < 4.78 is 31.4. The highest BCUT2D eigenvalue weighted by atomic mass is 19.1. The molecule has 3 rings (SSSR count). The molecule has 1 aromatic carbocycles. The number of aliphatic hydroxyl groups excluding tert-OH is 2. The van der Waals surface area contributed by atoms with Crippen LogP contribution in [0.1, 0.15) is 56.3 Å². The molecule has 1 aromatic rings. The van der Waals surface area contributed by atoms with E-state index in [1.807, 2.05) is 4.90 Å². The second-order valence-electron chi connectivity index (χ2n) is 11.9. The van der Waals surface area contributed by atoms with E-state index in [1.165, 1.54) is 30.2 Å². The van der Waals surface area contributed by atoms with E-state index in [1.54, 1.807) is 13.2 Å². The van der Waals surface area contributed by atoms with Crippen LogP contribution in [0.5, 0.6) is 0 Å². The normalized spacial score (nSPS) is 27.3. The predicted molar refractivity (Wildman–Crippen MR) is 157 cm³/mol. The van der Waals surface area contributed by atoms with Crippen LogP contribution < -0.4 is 0 Å². The van der Waals surface area contributed by atoms with Gasteiger partial charge in [0.2, 0.25) is 5.91 Å². The molecule has 0 aromatic heterocycles. The predicted octanol–water partition coefficient (Wildman–Crippen LogP) is 2.17. The molecule has 5 atom stereocenters. The minimum absolute atomic E-state index is 0.0197. The number of nitrogens with zero attached hydrogens (tertiary/aromatic N) is 3. The maximum absolute atomic E-state index is 14.8. The Morgan fingerprint density at radius 1 is 1.07 bits per heavy atom. The lowest BCUT2D eigenvalue weighted by Crippen LogP contribution is -2.55. The topological polar surface area (TPSA) is 112 Å². The zero-order chi connectivity index (χ0) is 30.6. The smallest absolute Gasteiger partial charge is 0.256 e. The summed E-state index contributed by atoms with van der Waals surface area (Å²) in [7, 11) is 3.06. The second-order valence-corrected chi connectivity index (χ2v) is 11.9. The van der Waals surface area contributed by atoms with Gasteiger partial charge in [0.1, 0.15) is 24.1 Å². The van der Waals surface area contributed by atoms with Crippen LogP contribution in [0.2, 0.25) is 0 Å². The molecule has 2 fully saturated rings. The van der Waals surface area contributed by atoms with Crippen molar-refractivity contribution >= 4 is 11.8 Å². The third kappa shape index (κ3) is 9.68. The summed E-state index contributed by atoms with van der Waals surface area (Å²) in [5.41, 5.74) is -0.104. The van der Waals surface area contributed by atoms with Gasteiger partial charge in [0.25, 0.3) is 5.91 Å². The maximum atomic E-state index is 14.8. The van der Waals surface area contributed by atoms with Crippen molar-refractivity contribution in [3.05, 3.63) is 35.6 Å². The number of carbonyl (C=O) groups excluding carboxylic acids is 2. The molecule has 0 aliphatic carbocycles. The zero-order valence-corrected chi connectivity index (χ0v) is 25.6. The first-order valence-electron chi connectivity index (χ1n) is 15.2. The molecule has 2 saturated heterocycles. The van der Waals surface area contributed by atoms with Crippen LogP contribution in [-0.4, -0.2) is 134 Å². The van der Waals surface area contributed by atoms with E-state index in [2.05, 4.69) is 18.7 Å². The van der Waals surface area contributed by atoms with E-state index in [4.69, 9.17) is 14.2 Å². The van der Waals surface area contributed by atoms with Gasteiger partial charge in [-0.3, -0.25) is 14.5 Å². The number of hydrogen-bond acceptors (Lipinski definition) is 8. The minimum atomic E-state index is -1.34. The lowest BCUT2D eigenvalue weighted by atomic mass is 9.99. The average Bonchev–Trinajstić information content (AvgIpc) is 3.39. The lowest BCUT2D eigenvalue weighted by molar-refractivity contribution is -0.136. The molecular formula is C31H50FN3O7. The maximum Gasteiger partial charge on any atom is 0.256 e. The molecule has 2 heterocycles. The van der Waals surface area contributed by atoms with Gasteiger partial charge in [0.15, 0.2) is 0 Å². The summed E-state index contributed by atoms with van der Waals surface area (Å²) >= 11 is 0. The van der Waals surface area contributed by atoms with Gasteiger partial charge in [0.05, 0.1) is 25.3 Å². The summed E-state index contributed by atoms with van der Waals surface area (Å²) in [6, 6.07) is 5.59. The Balaban J connectivity index is 1.97. The van der Waals surface area contributed by atoms with E-state index in [0.717, 1.165) is 19.4 Å². The molecule has 2 aliphatic rings. The molecule has 0 bridgehead atoms. The monoisotopic (exact) mass is 595 g/mol. The van der Waals surface area contributed by atoms with E-state index in [0.29, 0.717) is 39.0 Å². The summed E-state index contributed by atoms with van der Waals surface area (Å²) in [6.07, 6.45) is 0.386. The molecule has 10 nitrogen and oxygen atoms in total. The number of amides is 2. The summed E-state index contributed by atoms with van der Waals surface area (Å²) in [5.74, 6) is -1.04. The largest absolute Gasteiger partial charge is 0.388 e. The summed E-state index contributed by atoms with van der Waals surface area (Å²) in [4.78, 5) is 33.4. The molecule has 238 valence electrons. The average molecular weight is 596 g/mol. The fourth-order valence-electron chi connectivity index (χ4n) is 5.98. The third-order valence-corrected chi connectivity index (χ3v) is 8.23. The molecule has 0 saturated carbocycles. The number of carbonyl (C=O) groups is 2. The van der Waals surface area contributed by atoms with E-state index in [-0.39, 0.29) is 55.7 Å². The van der Waals surface area contributed by atoms with Gasteiger partial charge in [-0.25, -0.2) is 4.39 Å². The van der Waals surface area contributed by atoms with Gasteiger partial charge in [-0.05, 0) is 56.7 Å². The molecule has 0 spiro atoms. The first kappa shape index (κ1) is 34.3. The van der Waals surface area contributed by atoms with Gasteiger partial charge in [-0.1, -0.05) is 26.0 Å². The van der Waals surface area contributed by atoms with Crippen molar-refractivity contribution in [2.75, 3.05) is 66.8 Å². The quantitative estimate of drug-likeness (QED) is 0.471. The van der Waals surface area contributed by atoms with Gasteiger partial charge < -0.3 is 34.2 Å². The van der Waals surface area contributed by atoms with Crippen LogP contribution in [0.15, 0.2) is 24.3 Å². The number of hydrogen-bond donors (Lipinski definition) is 2. The van der Waals surface area contributed by atoms with Crippen LogP contribution in [-0.2, 0) is 19.0 Å². The van der Waals surface area contributed by atoms with Gasteiger partial charge in [-0.2, -0.15) is 0 Å². The molecule has 2 aliphatic heterocycles. The number of methoxy groups -OCH3 is 2. The lowest BCUT2D eigenvalue weighted by Gasteiger charge is -2.39. The molecule has 11 heteroatoms. The fraction of sp³-hybridized carbons (Fsp3) is 0.742. The third-order valence-electron chi connectivity index (χ3n) is 8.23. The number of aliphatic hydroxyl groups is 2. The van der Waals surface area contributed by atoms with Crippen LogP contribution in [0.25, 0.3) is 0 Å². The van der Waals surface area contributed by atoms with E-state index < -0.39 is 30.0 Å². The minimum Gasteiger partial charge on any atom is -0.388 e. The number of halogens is 1. The molecule has 0 unspecified atom stereocenters. The van der Waals surface area contributed by atoms with Crippen LogP contribution in [0.4, 0.5) is 4.39 Å². The molecule has 42 heavy (non-hydrogen) atoms. The van der Waals surface area contributed by atoms with Gasteiger partial charge >= 0.3 is 0 Å². The first-order valence-corrected chi connectivity index (χ1v) is 15.2. The highest BCUT2D eigenvalue weighted by Gasteiger charge is 2.35. The van der Waals surface area contributed by atoms with Crippen molar-refractivity contribution in [1.29, 1.82) is 0 Å². The Morgan fingerprint density at radius 3 is 2.52 bits per heavy atom. The molecule has 0 radical (unpaired) electrons. The second kappa shape index (κ2) is 17.2. The van der Waals surface area contributed by atoms with E-state index >= 15 is 0 Å². The van der Waals surface area contributed by atoms with Crippen LogP contribution >= 0.6 is 0 Å². The number of ether oxygens (including phenoxy) is 3. The van der Waals surface area contributed by atoms with Crippen LogP contribution in [0, 0.1) is 11.7 Å². The summed E-state index contributed by atoms with van der Waals surface area (Å²) in [5, 5.41) is 21.5. The standard InChI is InChI=1S/C31H50FN3O7/c1-22(2)16-24-17-34(31(39)25-11-5-6-12-26(25)32)18-28(41-4)30(38)27(36)21-42-15-8-7-14-35(24)29(37)19-33-13-9-10-23(33)20-40-3/h5-6,11-12,22-24,27-28,30,36,38H,7-10,13-21H2,1-4H3/t23-,24+,27+,28+,30+/m0/s1. The Hall–Kier alpha value is -2.15. The van der Waals surface area contributed by atoms with Crippen molar-refractivity contribution in [2.24, 2.45) is 5.92 Å². The van der Waals surface area contributed by atoms with Gasteiger partial charge in [0, 0.05) is 52.5 Å². The molecule has 2 N–H and O–H groups in total. The molecule has 2 amide bonds. The van der Waals surface area contributed by atoms with Gasteiger partial charge in [-0.15, -0.1) is 0 Å². The number of likely N-dealkylation sites (tertiary alicyclic amines) is 1. The summed E-state index contributed by atoms with van der Waals surface area (Å²) in [6.45, 7) is 6.54. The Morgan fingerprint density at radius 2 is 1.83 bits per heavy atom. The van der Waals surface area contributed by atoms with Crippen molar-refractivity contribution in [3.63, 3.8) is 0 Å². The van der Waals surface area contributed by atoms with Crippen molar-refractivity contribution in [1.82, 2.24) is 14.7 Å². The highest BCUT2D eigenvalue weighted by molar-refractivity contribution is 5.94. The fourth-order valence-corrected chi connectivity index (χ4v) is 5.98. The Labute approximate surface area is 249 Å². The van der Waals surface area contributed by atoms with Crippen LogP contribution in [0.3, 0.4) is 0 Å². The van der Waals surface area contributed by atoms with Crippen molar-refractivity contribution < 1.29 is 38.4 Å². The SMILES string of the molecule is COC[C@@H]1CCCN1CC(=O)N1CCCCOC[C@@H](O)[C@@H](O)[C@H](OC)CN(C(=O)c2ccccc2F)C[C@H]1CC(C)C. The Bertz CT molecular complexity index is 984. The first-order chi connectivity index (χ1) is 20.2. The number of rotatable bonds is 8. The highest BCUT2D eigenvalue weighted by Crippen LogP contribution is 2.22. The molecular weight excluding hydrogens is 545 g/mol. The number of benzene rings is 1.